The van der Waals surface area contributed by atoms with Crippen LogP contribution in [-0.2, 0) is 0 Å². The first-order valence-corrected chi connectivity index (χ1v) is 4.48. The Hall–Kier alpha value is -1.66. The highest BCUT2D eigenvalue weighted by Gasteiger charge is 2.17. The molecule has 0 amide bonds. The molecule has 80 valence electrons. The monoisotopic (exact) mass is 209 g/mol. The minimum Gasteiger partial charge on any atom is -0.469 e. The molecule has 0 saturated carbocycles. The van der Waals surface area contributed by atoms with Crippen LogP contribution in [0.3, 0.4) is 0 Å². The lowest BCUT2D eigenvalue weighted by atomic mass is 10.2. The third-order valence-electron chi connectivity index (χ3n) is 2.05. The van der Waals surface area contributed by atoms with Gasteiger partial charge in [0.25, 0.3) is 5.89 Å². The van der Waals surface area contributed by atoms with Crippen molar-refractivity contribution in [2.45, 2.75) is 13.0 Å². The highest BCUT2D eigenvalue weighted by molar-refractivity contribution is 5.56. The Morgan fingerprint density at radius 1 is 1.60 bits per heavy atom. The van der Waals surface area contributed by atoms with Crippen LogP contribution in [0.2, 0.25) is 0 Å². The first-order valence-electron chi connectivity index (χ1n) is 4.48. The summed E-state index contributed by atoms with van der Waals surface area (Å²) in [6.45, 7) is 1.84. The minimum absolute atomic E-state index is 0.0476. The van der Waals surface area contributed by atoms with Gasteiger partial charge in [0, 0.05) is 6.54 Å². The van der Waals surface area contributed by atoms with Gasteiger partial charge in [-0.3, -0.25) is 0 Å². The number of aryl methyl sites for hydroxylation is 1. The maximum absolute atomic E-state index is 9.36. The normalized spacial score (nSPS) is 13.0. The Bertz CT molecular complexity index is 449. The summed E-state index contributed by atoms with van der Waals surface area (Å²) in [6.07, 6.45) is 0.624. The van der Waals surface area contributed by atoms with E-state index < -0.39 is 6.10 Å². The van der Waals surface area contributed by atoms with Crippen LogP contribution in [0, 0.1) is 6.92 Å². The van der Waals surface area contributed by atoms with Gasteiger partial charge >= 0.3 is 0 Å². The largest absolute Gasteiger partial charge is 0.469 e. The van der Waals surface area contributed by atoms with E-state index in [1.54, 1.807) is 19.3 Å². The Morgan fingerprint density at radius 3 is 3.00 bits per heavy atom. The van der Waals surface area contributed by atoms with Gasteiger partial charge in [0.2, 0.25) is 5.82 Å². The van der Waals surface area contributed by atoms with Gasteiger partial charge in [-0.25, -0.2) is 0 Å². The van der Waals surface area contributed by atoms with Crippen molar-refractivity contribution >= 4 is 0 Å². The van der Waals surface area contributed by atoms with Crippen LogP contribution in [0.4, 0.5) is 0 Å². The average Bonchev–Trinajstić information content (AvgIpc) is 2.84. The van der Waals surface area contributed by atoms with E-state index in [9.17, 15) is 5.11 Å². The van der Waals surface area contributed by atoms with Gasteiger partial charge in [0.1, 0.15) is 11.9 Å². The number of furan rings is 1. The molecule has 0 aromatic carbocycles. The van der Waals surface area contributed by atoms with E-state index in [-0.39, 0.29) is 12.4 Å². The lowest BCUT2D eigenvalue weighted by Gasteiger charge is -1.97. The fourth-order valence-corrected chi connectivity index (χ4v) is 1.20. The topological polar surface area (TPSA) is 98.3 Å². The summed E-state index contributed by atoms with van der Waals surface area (Å²) in [7, 11) is 0. The number of hydrogen-bond acceptors (Lipinski definition) is 6. The molecule has 1 unspecified atom stereocenters. The van der Waals surface area contributed by atoms with Gasteiger partial charge in [-0.15, -0.1) is 0 Å². The lowest BCUT2D eigenvalue weighted by molar-refractivity contribution is 0.141. The summed E-state index contributed by atoms with van der Waals surface area (Å²) in [5.74, 6) is 1.21. The smallest absolute Gasteiger partial charge is 0.257 e. The maximum atomic E-state index is 9.36. The number of rotatable bonds is 3. The van der Waals surface area contributed by atoms with Crippen molar-refractivity contribution < 1.29 is 14.0 Å². The zero-order valence-electron chi connectivity index (χ0n) is 8.17. The fourth-order valence-electron chi connectivity index (χ4n) is 1.20. The molecule has 0 aliphatic heterocycles. The lowest BCUT2D eigenvalue weighted by Crippen LogP contribution is -2.11. The van der Waals surface area contributed by atoms with Crippen molar-refractivity contribution in [1.82, 2.24) is 10.1 Å². The molecule has 3 N–H and O–H groups in total. The Balaban J connectivity index is 2.32. The second kappa shape index (κ2) is 3.84. The molecule has 2 rings (SSSR count). The number of aromatic nitrogens is 2. The summed E-state index contributed by atoms with van der Waals surface area (Å²) in [5.41, 5.74) is 6.01. The highest BCUT2D eigenvalue weighted by atomic mass is 16.5. The zero-order chi connectivity index (χ0) is 10.8. The van der Waals surface area contributed by atoms with Gasteiger partial charge in [-0.05, 0) is 13.0 Å². The van der Waals surface area contributed by atoms with E-state index in [1.165, 1.54) is 0 Å². The van der Waals surface area contributed by atoms with Gasteiger partial charge in [0.15, 0.2) is 0 Å². The maximum Gasteiger partial charge on any atom is 0.257 e. The molecule has 0 saturated heterocycles. The van der Waals surface area contributed by atoms with Crippen LogP contribution in [0.15, 0.2) is 21.3 Å². The number of nitrogens with two attached hydrogens (primary N) is 1. The molecule has 6 heteroatoms. The summed E-state index contributed by atoms with van der Waals surface area (Å²) >= 11 is 0. The second-order valence-corrected chi connectivity index (χ2v) is 3.10. The van der Waals surface area contributed by atoms with Crippen molar-refractivity contribution in [1.29, 1.82) is 0 Å². The van der Waals surface area contributed by atoms with Crippen LogP contribution in [-0.4, -0.2) is 21.8 Å². The van der Waals surface area contributed by atoms with Crippen molar-refractivity contribution in [2.75, 3.05) is 6.54 Å². The van der Waals surface area contributed by atoms with Crippen LogP contribution in [0.1, 0.15) is 17.8 Å². The molecule has 6 nitrogen and oxygen atoms in total. The fraction of sp³-hybridized carbons (Fsp3) is 0.333. The van der Waals surface area contributed by atoms with Crippen molar-refractivity contribution in [2.24, 2.45) is 5.73 Å². The molecule has 2 aromatic rings. The molecule has 0 spiro atoms. The molecule has 15 heavy (non-hydrogen) atoms. The molecule has 2 heterocycles. The number of nitrogens with zero attached hydrogens (tertiary/aromatic N) is 2. The summed E-state index contributed by atoms with van der Waals surface area (Å²) in [6, 6.07) is 1.73. The van der Waals surface area contributed by atoms with Gasteiger partial charge < -0.3 is 19.8 Å². The first-order chi connectivity index (χ1) is 7.22. The van der Waals surface area contributed by atoms with E-state index in [0.717, 1.165) is 5.56 Å². The standard InChI is InChI=1S/C9H11N3O3/c1-5-6(2-3-14-5)8-11-9(15-12-8)7(13)4-10/h2-3,7,13H,4,10H2,1H3. The quantitative estimate of drug-likeness (QED) is 0.769. The van der Waals surface area contributed by atoms with Crippen molar-refractivity contribution in [3.05, 3.63) is 24.0 Å². The molecule has 0 bridgehead atoms. The third kappa shape index (κ3) is 1.77. The van der Waals surface area contributed by atoms with Crippen LogP contribution in [0.25, 0.3) is 11.4 Å². The molecule has 1 atom stereocenters. The average molecular weight is 209 g/mol. The van der Waals surface area contributed by atoms with E-state index in [0.29, 0.717) is 11.6 Å². The number of aliphatic hydroxyl groups excluding tert-OH is 1. The third-order valence-corrected chi connectivity index (χ3v) is 2.05. The van der Waals surface area contributed by atoms with Crippen LogP contribution >= 0.6 is 0 Å². The first kappa shape index (κ1) is 9.88. The molecule has 0 aliphatic rings. The van der Waals surface area contributed by atoms with Crippen LogP contribution < -0.4 is 5.73 Å². The number of hydrogen-bond donors (Lipinski definition) is 2. The van der Waals surface area contributed by atoms with E-state index in [2.05, 4.69) is 10.1 Å². The van der Waals surface area contributed by atoms with E-state index >= 15 is 0 Å². The van der Waals surface area contributed by atoms with Crippen LogP contribution in [0.5, 0.6) is 0 Å². The molecular weight excluding hydrogens is 198 g/mol. The number of aliphatic hydroxyl groups is 1. The van der Waals surface area contributed by atoms with Gasteiger partial charge in [-0.2, -0.15) is 4.98 Å². The molecular formula is C9H11N3O3. The molecule has 0 fully saturated rings. The van der Waals surface area contributed by atoms with E-state index in [1.807, 2.05) is 0 Å². The summed E-state index contributed by atoms with van der Waals surface area (Å²) in [5, 5.41) is 13.1. The summed E-state index contributed by atoms with van der Waals surface area (Å²) < 4.78 is 9.97. The minimum atomic E-state index is -0.918. The van der Waals surface area contributed by atoms with Gasteiger partial charge in [-0.1, -0.05) is 5.16 Å². The van der Waals surface area contributed by atoms with E-state index in [4.69, 9.17) is 14.7 Å². The Labute approximate surface area is 85.7 Å². The Morgan fingerprint density at radius 2 is 2.40 bits per heavy atom. The van der Waals surface area contributed by atoms with Crippen molar-refractivity contribution in [3.63, 3.8) is 0 Å². The zero-order valence-corrected chi connectivity index (χ0v) is 8.17. The molecule has 0 aliphatic carbocycles. The predicted molar refractivity (Wildman–Crippen MR) is 50.8 cm³/mol. The van der Waals surface area contributed by atoms with Gasteiger partial charge in [0.05, 0.1) is 11.8 Å². The predicted octanol–water partition coefficient (Wildman–Crippen LogP) is 0.630. The Kier molecular flexibility index (Phi) is 2.53. The highest BCUT2D eigenvalue weighted by Crippen LogP contribution is 2.22. The SMILES string of the molecule is Cc1occc1-c1noc(C(O)CN)n1. The van der Waals surface area contributed by atoms with Crippen molar-refractivity contribution in [3.8, 4) is 11.4 Å². The molecule has 2 aromatic heterocycles. The molecule has 0 radical (unpaired) electrons. The second-order valence-electron chi connectivity index (χ2n) is 3.10. The summed E-state index contributed by atoms with van der Waals surface area (Å²) in [4.78, 5) is 4.02.